The van der Waals surface area contributed by atoms with E-state index < -0.39 is 0 Å². The van der Waals surface area contributed by atoms with Crippen LogP contribution in [0, 0.1) is 0 Å². The van der Waals surface area contributed by atoms with E-state index in [0.29, 0.717) is 6.04 Å². The normalized spacial score (nSPS) is 19.3. The summed E-state index contributed by atoms with van der Waals surface area (Å²) in [5.41, 5.74) is 0. The van der Waals surface area contributed by atoms with E-state index in [1.54, 1.807) is 11.9 Å². The number of likely N-dealkylation sites (tertiary alicyclic amines) is 1. The minimum Gasteiger partial charge on any atom is -0.306 e. The Morgan fingerprint density at radius 1 is 1.20 bits per heavy atom. The van der Waals surface area contributed by atoms with Crippen LogP contribution in [0.15, 0.2) is 35.2 Å². The summed E-state index contributed by atoms with van der Waals surface area (Å²) in [5, 5.41) is 0. The summed E-state index contributed by atoms with van der Waals surface area (Å²) in [5.74, 6) is 0. The van der Waals surface area contributed by atoms with Crippen LogP contribution in [0.25, 0.3) is 0 Å². The van der Waals surface area contributed by atoms with Crippen LogP contribution >= 0.6 is 11.9 Å². The zero-order valence-corrected chi connectivity index (χ0v) is 9.96. The minimum absolute atomic E-state index is 0.673. The van der Waals surface area contributed by atoms with Gasteiger partial charge in [-0.05, 0) is 57.1 Å². The molecule has 1 aromatic rings. The lowest BCUT2D eigenvalue weighted by molar-refractivity contribution is 0.250. The second kappa shape index (κ2) is 5.54. The highest BCUT2D eigenvalue weighted by atomic mass is 32.2. The van der Waals surface area contributed by atoms with Crippen molar-refractivity contribution >= 4 is 11.9 Å². The monoisotopic (exact) mass is 222 g/mol. The molecule has 1 saturated heterocycles. The molecule has 1 aliphatic heterocycles. The number of hydrogen-bond acceptors (Lipinski definition) is 3. The minimum atomic E-state index is 0.673. The third kappa shape index (κ3) is 3.52. The van der Waals surface area contributed by atoms with E-state index in [1.807, 2.05) is 0 Å². The summed E-state index contributed by atoms with van der Waals surface area (Å²) in [6, 6.07) is 11.2. The molecule has 0 amide bonds. The van der Waals surface area contributed by atoms with Gasteiger partial charge in [-0.1, -0.05) is 18.2 Å². The summed E-state index contributed by atoms with van der Waals surface area (Å²) >= 11 is 1.76. The topological polar surface area (TPSA) is 15.3 Å². The molecular weight excluding hydrogens is 204 g/mol. The zero-order valence-electron chi connectivity index (χ0n) is 9.15. The number of benzene rings is 1. The van der Waals surface area contributed by atoms with Crippen LogP contribution in [0.5, 0.6) is 0 Å². The Balaban J connectivity index is 1.74. The largest absolute Gasteiger partial charge is 0.306 e. The van der Waals surface area contributed by atoms with E-state index in [1.165, 1.54) is 30.8 Å². The van der Waals surface area contributed by atoms with Crippen LogP contribution in [-0.4, -0.2) is 31.1 Å². The maximum Gasteiger partial charge on any atom is 0.0228 e. The van der Waals surface area contributed by atoms with Gasteiger partial charge in [0.1, 0.15) is 0 Å². The molecule has 0 radical (unpaired) electrons. The van der Waals surface area contributed by atoms with Gasteiger partial charge in [0.2, 0.25) is 0 Å². The van der Waals surface area contributed by atoms with Crippen LogP contribution < -0.4 is 4.72 Å². The first kappa shape index (κ1) is 11.0. The van der Waals surface area contributed by atoms with Crippen molar-refractivity contribution in [3.8, 4) is 0 Å². The summed E-state index contributed by atoms with van der Waals surface area (Å²) in [7, 11) is 2.19. The highest BCUT2D eigenvalue weighted by Crippen LogP contribution is 2.17. The summed E-state index contributed by atoms with van der Waals surface area (Å²) in [4.78, 5) is 3.70. The van der Waals surface area contributed by atoms with Gasteiger partial charge in [-0.15, -0.1) is 0 Å². The van der Waals surface area contributed by atoms with Gasteiger partial charge < -0.3 is 4.90 Å². The highest BCUT2D eigenvalue weighted by Gasteiger charge is 2.15. The Morgan fingerprint density at radius 3 is 2.53 bits per heavy atom. The summed E-state index contributed by atoms with van der Waals surface area (Å²) in [6.45, 7) is 2.43. The SMILES string of the molecule is CN1CCC(NSc2ccccc2)CC1. The first-order chi connectivity index (χ1) is 7.34. The number of hydrogen-bond donors (Lipinski definition) is 1. The fourth-order valence-electron chi connectivity index (χ4n) is 1.77. The molecule has 3 heteroatoms. The van der Waals surface area contributed by atoms with Crippen molar-refractivity contribution in [2.45, 2.75) is 23.8 Å². The molecule has 0 aromatic heterocycles. The second-order valence-corrected chi connectivity index (χ2v) is 5.02. The Kier molecular flexibility index (Phi) is 4.06. The van der Waals surface area contributed by atoms with Crippen LogP contribution in [0.3, 0.4) is 0 Å². The lowest BCUT2D eigenvalue weighted by atomic mass is 10.1. The third-order valence-electron chi connectivity index (χ3n) is 2.81. The van der Waals surface area contributed by atoms with E-state index in [-0.39, 0.29) is 0 Å². The van der Waals surface area contributed by atoms with E-state index in [0.717, 1.165) is 0 Å². The smallest absolute Gasteiger partial charge is 0.0228 e. The van der Waals surface area contributed by atoms with Gasteiger partial charge in [0, 0.05) is 10.9 Å². The van der Waals surface area contributed by atoms with Gasteiger partial charge in [0.15, 0.2) is 0 Å². The lowest BCUT2D eigenvalue weighted by Crippen LogP contribution is -2.38. The molecule has 2 nitrogen and oxygen atoms in total. The molecule has 82 valence electrons. The molecule has 0 bridgehead atoms. The maximum absolute atomic E-state index is 3.55. The molecule has 0 unspecified atom stereocenters. The first-order valence-electron chi connectivity index (χ1n) is 5.50. The van der Waals surface area contributed by atoms with E-state index in [2.05, 4.69) is 47.0 Å². The first-order valence-corrected chi connectivity index (χ1v) is 6.32. The molecule has 1 heterocycles. The van der Waals surface area contributed by atoms with Crippen LogP contribution in [0.2, 0.25) is 0 Å². The van der Waals surface area contributed by atoms with E-state index in [4.69, 9.17) is 0 Å². The number of nitrogens with zero attached hydrogens (tertiary/aromatic N) is 1. The Labute approximate surface area is 96.2 Å². The van der Waals surface area contributed by atoms with Gasteiger partial charge in [0.25, 0.3) is 0 Å². The van der Waals surface area contributed by atoms with Gasteiger partial charge in [-0.3, -0.25) is 4.72 Å². The van der Waals surface area contributed by atoms with Crippen molar-refractivity contribution < 1.29 is 0 Å². The fraction of sp³-hybridized carbons (Fsp3) is 0.500. The van der Waals surface area contributed by atoms with E-state index in [9.17, 15) is 0 Å². The molecular formula is C12H18N2S. The fourth-order valence-corrected chi connectivity index (χ4v) is 2.60. The van der Waals surface area contributed by atoms with Crippen LogP contribution in [0.4, 0.5) is 0 Å². The van der Waals surface area contributed by atoms with Gasteiger partial charge in [-0.25, -0.2) is 0 Å². The Morgan fingerprint density at radius 2 is 1.87 bits per heavy atom. The molecule has 1 aromatic carbocycles. The Bertz CT molecular complexity index is 281. The highest BCUT2D eigenvalue weighted by molar-refractivity contribution is 7.97. The van der Waals surface area contributed by atoms with E-state index >= 15 is 0 Å². The van der Waals surface area contributed by atoms with Crippen LogP contribution in [0.1, 0.15) is 12.8 Å². The number of piperidine rings is 1. The molecule has 1 N–H and O–H groups in total. The zero-order chi connectivity index (χ0) is 10.5. The lowest BCUT2D eigenvalue weighted by Gasteiger charge is -2.29. The van der Waals surface area contributed by atoms with Crippen molar-refractivity contribution in [1.82, 2.24) is 9.62 Å². The molecule has 2 rings (SSSR count). The molecule has 15 heavy (non-hydrogen) atoms. The van der Waals surface area contributed by atoms with Crippen molar-refractivity contribution in [2.24, 2.45) is 0 Å². The molecule has 0 spiro atoms. The van der Waals surface area contributed by atoms with Gasteiger partial charge in [0.05, 0.1) is 0 Å². The van der Waals surface area contributed by atoms with Crippen molar-refractivity contribution in [3.63, 3.8) is 0 Å². The average Bonchev–Trinajstić information content (AvgIpc) is 2.30. The molecule has 1 fully saturated rings. The van der Waals surface area contributed by atoms with Crippen molar-refractivity contribution in [3.05, 3.63) is 30.3 Å². The maximum atomic E-state index is 3.55. The molecule has 1 aliphatic rings. The third-order valence-corrected chi connectivity index (χ3v) is 3.76. The van der Waals surface area contributed by atoms with Gasteiger partial charge in [-0.2, -0.15) is 0 Å². The standard InChI is InChI=1S/C12H18N2S/c1-14-9-7-11(8-10-14)13-15-12-5-3-2-4-6-12/h2-6,11,13H,7-10H2,1H3. The van der Waals surface area contributed by atoms with Crippen molar-refractivity contribution in [1.29, 1.82) is 0 Å². The quantitative estimate of drug-likeness (QED) is 0.791. The summed E-state index contributed by atoms with van der Waals surface area (Å²) < 4.78 is 3.55. The Hall–Kier alpha value is -0.510. The molecule has 0 saturated carbocycles. The predicted octanol–water partition coefficient (Wildman–Crippen LogP) is 2.38. The number of rotatable bonds is 3. The predicted molar refractivity (Wildman–Crippen MR) is 66.0 cm³/mol. The second-order valence-electron chi connectivity index (χ2n) is 4.11. The average molecular weight is 222 g/mol. The van der Waals surface area contributed by atoms with Gasteiger partial charge >= 0.3 is 0 Å². The van der Waals surface area contributed by atoms with Crippen molar-refractivity contribution in [2.75, 3.05) is 20.1 Å². The molecule has 0 atom stereocenters. The summed E-state index contributed by atoms with van der Waals surface area (Å²) in [6.07, 6.45) is 2.52. The van der Waals surface area contributed by atoms with Crippen LogP contribution in [-0.2, 0) is 0 Å². The molecule has 0 aliphatic carbocycles. The number of nitrogens with one attached hydrogen (secondary N) is 1.